The summed E-state index contributed by atoms with van der Waals surface area (Å²) in [4.78, 5) is 12.0. The highest BCUT2D eigenvalue weighted by Gasteiger charge is 2.17. The van der Waals surface area contributed by atoms with Gasteiger partial charge < -0.3 is 14.8 Å². The van der Waals surface area contributed by atoms with Crippen LogP contribution < -0.4 is 19.5 Å². The summed E-state index contributed by atoms with van der Waals surface area (Å²) in [6.45, 7) is -0.276. The van der Waals surface area contributed by atoms with Gasteiger partial charge in [-0.1, -0.05) is 11.6 Å². The van der Waals surface area contributed by atoms with Gasteiger partial charge >= 0.3 is 0 Å². The average molecular weight is 573 g/mol. The lowest BCUT2D eigenvalue weighted by atomic mass is 10.3. The SMILES string of the molecule is COc1ccc(NS(=O)(=O)c2ccc(OCC(=O)Nc3ccc(I)cc3)c(Cl)c2)cc1. The summed E-state index contributed by atoms with van der Waals surface area (Å²) in [7, 11) is -2.33. The summed E-state index contributed by atoms with van der Waals surface area (Å²) in [5.41, 5.74) is 1.02. The van der Waals surface area contributed by atoms with Crippen LogP contribution in [0.4, 0.5) is 11.4 Å². The number of carbonyl (C=O) groups excluding carboxylic acids is 1. The average Bonchev–Trinajstić information content (AvgIpc) is 2.75. The number of carbonyl (C=O) groups is 1. The Labute approximate surface area is 198 Å². The summed E-state index contributed by atoms with van der Waals surface area (Å²) in [6, 6.07) is 17.8. The number of anilines is 2. The molecule has 7 nitrogen and oxygen atoms in total. The normalized spacial score (nSPS) is 10.9. The van der Waals surface area contributed by atoms with Crippen LogP contribution in [0.2, 0.25) is 5.02 Å². The molecule has 0 aromatic heterocycles. The molecule has 0 aliphatic carbocycles. The molecular weight excluding hydrogens is 555 g/mol. The first-order valence-corrected chi connectivity index (χ1v) is 11.9. The van der Waals surface area contributed by atoms with Gasteiger partial charge in [-0.2, -0.15) is 0 Å². The standard InChI is InChI=1S/C21H18ClIN2O5S/c1-29-17-8-6-16(7-9-17)25-31(27,28)18-10-11-20(19(22)12-18)30-13-21(26)24-15-4-2-14(23)3-5-15/h2-12,25H,13H2,1H3,(H,24,26). The molecular formula is C21H18ClIN2O5S. The summed E-state index contributed by atoms with van der Waals surface area (Å²) < 4.78 is 39.2. The minimum atomic E-state index is -3.86. The molecule has 0 unspecified atom stereocenters. The maximum atomic E-state index is 12.6. The van der Waals surface area contributed by atoms with Crippen molar-refractivity contribution in [3.8, 4) is 11.5 Å². The Morgan fingerprint density at radius 3 is 2.26 bits per heavy atom. The van der Waals surface area contributed by atoms with Crippen LogP contribution in [0, 0.1) is 3.57 Å². The highest BCUT2D eigenvalue weighted by atomic mass is 127. The molecule has 0 saturated heterocycles. The van der Waals surface area contributed by atoms with Gasteiger partial charge in [0.25, 0.3) is 15.9 Å². The Balaban J connectivity index is 1.63. The van der Waals surface area contributed by atoms with Crippen LogP contribution in [-0.4, -0.2) is 28.0 Å². The zero-order chi connectivity index (χ0) is 22.4. The number of sulfonamides is 1. The van der Waals surface area contributed by atoms with E-state index in [0.717, 1.165) is 3.57 Å². The second-order valence-corrected chi connectivity index (χ2v) is 9.61. The van der Waals surface area contributed by atoms with Crippen molar-refractivity contribution in [2.24, 2.45) is 0 Å². The van der Waals surface area contributed by atoms with Crippen molar-refractivity contribution in [3.63, 3.8) is 0 Å². The zero-order valence-electron chi connectivity index (χ0n) is 16.3. The van der Waals surface area contributed by atoms with E-state index in [-0.39, 0.29) is 28.2 Å². The van der Waals surface area contributed by atoms with E-state index in [9.17, 15) is 13.2 Å². The van der Waals surface area contributed by atoms with E-state index in [2.05, 4.69) is 32.6 Å². The number of nitrogens with one attached hydrogen (secondary N) is 2. The Morgan fingerprint density at radius 1 is 1.00 bits per heavy atom. The van der Waals surface area contributed by atoms with Gasteiger partial charge in [-0.05, 0) is 89.3 Å². The molecule has 162 valence electrons. The number of ether oxygens (including phenoxy) is 2. The fraction of sp³-hybridized carbons (Fsp3) is 0.0952. The second-order valence-electron chi connectivity index (χ2n) is 6.27. The van der Waals surface area contributed by atoms with E-state index in [0.29, 0.717) is 17.1 Å². The van der Waals surface area contributed by atoms with Gasteiger partial charge in [0.1, 0.15) is 11.5 Å². The fourth-order valence-corrected chi connectivity index (χ4v) is 4.26. The maximum absolute atomic E-state index is 12.6. The molecule has 0 fully saturated rings. The molecule has 1 amide bonds. The van der Waals surface area contributed by atoms with E-state index in [1.807, 2.05) is 12.1 Å². The molecule has 0 spiro atoms. The number of hydrogen-bond acceptors (Lipinski definition) is 5. The van der Waals surface area contributed by atoms with Crippen LogP contribution >= 0.6 is 34.2 Å². The molecule has 0 aliphatic rings. The lowest BCUT2D eigenvalue weighted by Gasteiger charge is -2.12. The molecule has 0 saturated carbocycles. The van der Waals surface area contributed by atoms with Crippen LogP contribution in [-0.2, 0) is 14.8 Å². The molecule has 3 aromatic rings. The molecule has 3 rings (SSSR count). The van der Waals surface area contributed by atoms with Gasteiger partial charge in [-0.15, -0.1) is 0 Å². The van der Waals surface area contributed by atoms with Crippen molar-refractivity contribution in [1.82, 2.24) is 0 Å². The Hall–Kier alpha value is -2.50. The summed E-state index contributed by atoms with van der Waals surface area (Å²) >= 11 is 8.34. The lowest BCUT2D eigenvalue weighted by Crippen LogP contribution is -2.20. The van der Waals surface area contributed by atoms with Crippen LogP contribution in [0.3, 0.4) is 0 Å². The first-order chi connectivity index (χ1) is 14.8. The van der Waals surface area contributed by atoms with Gasteiger partial charge in [0.05, 0.1) is 17.0 Å². The molecule has 0 aliphatic heterocycles. The van der Waals surface area contributed by atoms with Crippen molar-refractivity contribution >= 4 is 61.5 Å². The number of benzene rings is 3. The van der Waals surface area contributed by atoms with Gasteiger partial charge in [-0.25, -0.2) is 8.42 Å². The quantitative estimate of drug-likeness (QED) is 0.379. The van der Waals surface area contributed by atoms with Crippen LogP contribution in [0.1, 0.15) is 0 Å². The van der Waals surface area contributed by atoms with E-state index in [1.54, 1.807) is 36.4 Å². The van der Waals surface area contributed by atoms with Crippen LogP contribution in [0.25, 0.3) is 0 Å². The van der Waals surface area contributed by atoms with E-state index in [1.165, 1.54) is 25.3 Å². The first kappa shape index (κ1) is 23.2. The number of methoxy groups -OCH3 is 1. The summed E-state index contributed by atoms with van der Waals surface area (Å²) in [5, 5.41) is 2.77. The van der Waals surface area contributed by atoms with Crippen LogP contribution in [0.5, 0.6) is 11.5 Å². The molecule has 2 N–H and O–H groups in total. The predicted molar refractivity (Wildman–Crippen MR) is 129 cm³/mol. The molecule has 3 aromatic carbocycles. The monoisotopic (exact) mass is 572 g/mol. The summed E-state index contributed by atoms with van der Waals surface area (Å²) in [5.74, 6) is 0.441. The second kappa shape index (κ2) is 10.2. The number of halogens is 2. The molecule has 0 heterocycles. The molecule has 0 radical (unpaired) electrons. The van der Waals surface area contributed by atoms with Gasteiger partial charge in [0, 0.05) is 14.9 Å². The molecule has 0 atom stereocenters. The van der Waals surface area contributed by atoms with E-state index in [4.69, 9.17) is 21.1 Å². The Morgan fingerprint density at radius 2 is 1.65 bits per heavy atom. The molecule has 10 heteroatoms. The minimum absolute atomic E-state index is 0.0380. The molecule has 31 heavy (non-hydrogen) atoms. The largest absolute Gasteiger partial charge is 0.497 e. The van der Waals surface area contributed by atoms with E-state index < -0.39 is 10.0 Å². The predicted octanol–water partition coefficient (Wildman–Crippen LogP) is 4.77. The number of amides is 1. The smallest absolute Gasteiger partial charge is 0.262 e. The number of hydrogen-bond donors (Lipinski definition) is 2. The summed E-state index contributed by atoms with van der Waals surface area (Å²) in [6.07, 6.45) is 0. The van der Waals surface area contributed by atoms with Crippen molar-refractivity contribution in [2.75, 3.05) is 23.8 Å². The third-order valence-corrected chi connectivity index (χ3v) is 6.44. The van der Waals surface area contributed by atoms with Gasteiger partial charge in [0.2, 0.25) is 0 Å². The number of rotatable bonds is 8. The highest BCUT2D eigenvalue weighted by molar-refractivity contribution is 14.1. The lowest BCUT2D eigenvalue weighted by molar-refractivity contribution is -0.118. The topological polar surface area (TPSA) is 93.7 Å². The van der Waals surface area contributed by atoms with E-state index >= 15 is 0 Å². The van der Waals surface area contributed by atoms with Crippen molar-refractivity contribution in [2.45, 2.75) is 4.90 Å². The third kappa shape index (κ3) is 6.49. The van der Waals surface area contributed by atoms with Gasteiger partial charge in [0.15, 0.2) is 6.61 Å². The highest BCUT2D eigenvalue weighted by Crippen LogP contribution is 2.28. The first-order valence-electron chi connectivity index (χ1n) is 8.91. The third-order valence-electron chi connectivity index (χ3n) is 4.04. The van der Waals surface area contributed by atoms with Gasteiger partial charge in [-0.3, -0.25) is 9.52 Å². The van der Waals surface area contributed by atoms with Crippen molar-refractivity contribution in [1.29, 1.82) is 0 Å². The van der Waals surface area contributed by atoms with Crippen molar-refractivity contribution in [3.05, 3.63) is 75.3 Å². The minimum Gasteiger partial charge on any atom is -0.497 e. The Bertz CT molecular complexity index is 1170. The van der Waals surface area contributed by atoms with Crippen molar-refractivity contribution < 1.29 is 22.7 Å². The maximum Gasteiger partial charge on any atom is 0.262 e. The Kier molecular flexibility index (Phi) is 7.63. The van der Waals surface area contributed by atoms with Crippen LogP contribution in [0.15, 0.2) is 71.6 Å². The molecule has 0 bridgehead atoms. The zero-order valence-corrected chi connectivity index (χ0v) is 20.0. The fourth-order valence-electron chi connectivity index (χ4n) is 2.51.